The minimum Gasteiger partial charge on any atom is -0.496 e. The van der Waals surface area contributed by atoms with Crippen LogP contribution in [0.4, 0.5) is 5.69 Å². The largest absolute Gasteiger partial charge is 0.496 e. The van der Waals surface area contributed by atoms with Crippen molar-refractivity contribution in [2.45, 2.75) is 13.0 Å². The first-order chi connectivity index (χ1) is 10.5. The summed E-state index contributed by atoms with van der Waals surface area (Å²) in [6, 6.07) is 3.10. The zero-order chi connectivity index (χ0) is 16.1. The van der Waals surface area contributed by atoms with Crippen LogP contribution in [0.25, 0.3) is 0 Å². The molecule has 1 amide bonds. The molecule has 0 aliphatic carbocycles. The molecule has 138 valence electrons. The summed E-state index contributed by atoms with van der Waals surface area (Å²) in [6.07, 6.45) is 0. The molecule has 9 heteroatoms. The summed E-state index contributed by atoms with van der Waals surface area (Å²) in [5, 5.41) is 3.30. The van der Waals surface area contributed by atoms with E-state index in [0.717, 1.165) is 32.8 Å². The average molecular weight is 401 g/mol. The van der Waals surface area contributed by atoms with Gasteiger partial charge in [0, 0.05) is 31.7 Å². The van der Waals surface area contributed by atoms with Gasteiger partial charge in [0.2, 0.25) is 0 Å². The lowest BCUT2D eigenvalue weighted by Crippen LogP contribution is -2.46. The van der Waals surface area contributed by atoms with Crippen molar-refractivity contribution in [3.63, 3.8) is 0 Å². The van der Waals surface area contributed by atoms with Gasteiger partial charge in [-0.05, 0) is 13.0 Å². The Morgan fingerprint density at radius 2 is 2.04 bits per heavy atom. The van der Waals surface area contributed by atoms with Crippen LogP contribution in [0, 0.1) is 0 Å². The molecule has 24 heavy (non-hydrogen) atoms. The zero-order valence-corrected chi connectivity index (χ0v) is 16.1. The molecule has 1 atom stereocenters. The predicted molar refractivity (Wildman–Crippen MR) is 101 cm³/mol. The van der Waals surface area contributed by atoms with Gasteiger partial charge in [0.25, 0.3) is 5.91 Å². The smallest absolute Gasteiger partial charge is 0.255 e. The second-order valence-electron chi connectivity index (χ2n) is 5.36. The number of hydrogen-bond donors (Lipinski definition) is 2. The lowest BCUT2D eigenvalue weighted by molar-refractivity contribution is 0.0342. The van der Waals surface area contributed by atoms with Gasteiger partial charge in [-0.15, -0.1) is 24.8 Å². The van der Waals surface area contributed by atoms with Crippen LogP contribution in [0.3, 0.4) is 0 Å². The normalized spacial score (nSPS) is 15.6. The topological polar surface area (TPSA) is 76.8 Å². The van der Waals surface area contributed by atoms with Crippen molar-refractivity contribution in [1.82, 2.24) is 10.2 Å². The molecule has 0 spiro atoms. The molecule has 1 aliphatic heterocycles. The van der Waals surface area contributed by atoms with E-state index in [4.69, 9.17) is 26.8 Å². The highest BCUT2D eigenvalue weighted by atomic mass is 35.5. The number of ether oxygens (including phenoxy) is 2. The maximum atomic E-state index is 12.4. The van der Waals surface area contributed by atoms with Gasteiger partial charge in [0.15, 0.2) is 0 Å². The summed E-state index contributed by atoms with van der Waals surface area (Å²) in [5.41, 5.74) is 6.50. The number of nitrogens with one attached hydrogen (secondary N) is 1. The molecule has 1 saturated heterocycles. The number of nitrogen functional groups attached to an aromatic ring is 1. The van der Waals surface area contributed by atoms with E-state index in [-0.39, 0.29) is 36.8 Å². The van der Waals surface area contributed by atoms with Crippen LogP contribution in [-0.4, -0.2) is 56.8 Å². The summed E-state index contributed by atoms with van der Waals surface area (Å²) < 4.78 is 10.5. The molecule has 3 N–H and O–H groups in total. The van der Waals surface area contributed by atoms with E-state index in [9.17, 15) is 4.79 Å². The van der Waals surface area contributed by atoms with Gasteiger partial charge in [-0.1, -0.05) is 11.6 Å². The number of benzene rings is 1. The molecule has 1 aromatic carbocycles. The third-order valence-corrected chi connectivity index (χ3v) is 3.90. The molecular formula is C15H24Cl3N3O3. The minimum absolute atomic E-state index is 0. The van der Waals surface area contributed by atoms with E-state index in [1.165, 1.54) is 13.2 Å². The number of amides is 1. The summed E-state index contributed by atoms with van der Waals surface area (Å²) in [7, 11) is 1.50. The third kappa shape index (κ3) is 6.18. The fourth-order valence-electron chi connectivity index (χ4n) is 2.43. The number of rotatable bonds is 5. The Morgan fingerprint density at radius 1 is 1.42 bits per heavy atom. The molecule has 1 unspecified atom stereocenters. The van der Waals surface area contributed by atoms with Gasteiger partial charge in [0.1, 0.15) is 5.75 Å². The van der Waals surface area contributed by atoms with Crippen molar-refractivity contribution in [3.8, 4) is 5.75 Å². The van der Waals surface area contributed by atoms with Crippen molar-refractivity contribution in [1.29, 1.82) is 0 Å². The van der Waals surface area contributed by atoms with Crippen LogP contribution in [0.5, 0.6) is 5.75 Å². The second kappa shape index (κ2) is 10.8. The van der Waals surface area contributed by atoms with Crippen LogP contribution in [0.15, 0.2) is 12.1 Å². The summed E-state index contributed by atoms with van der Waals surface area (Å²) in [4.78, 5) is 14.7. The second-order valence-corrected chi connectivity index (χ2v) is 5.77. The number of hydrogen-bond acceptors (Lipinski definition) is 5. The van der Waals surface area contributed by atoms with Crippen LogP contribution in [-0.2, 0) is 4.74 Å². The van der Waals surface area contributed by atoms with Gasteiger partial charge in [-0.25, -0.2) is 0 Å². The average Bonchev–Trinajstić information content (AvgIpc) is 2.50. The number of anilines is 1. The van der Waals surface area contributed by atoms with Crippen LogP contribution >= 0.6 is 36.4 Å². The molecule has 1 aromatic rings. The van der Waals surface area contributed by atoms with Crippen molar-refractivity contribution in [3.05, 3.63) is 22.7 Å². The number of methoxy groups -OCH3 is 1. The van der Waals surface area contributed by atoms with Gasteiger partial charge < -0.3 is 20.5 Å². The van der Waals surface area contributed by atoms with Crippen LogP contribution < -0.4 is 15.8 Å². The summed E-state index contributed by atoms with van der Waals surface area (Å²) >= 11 is 6.00. The number of halogens is 3. The molecule has 6 nitrogen and oxygen atoms in total. The predicted octanol–water partition coefficient (Wildman–Crippen LogP) is 2.22. The number of nitrogens with two attached hydrogens (primary N) is 1. The Labute approximate surface area is 159 Å². The highest BCUT2D eigenvalue weighted by Gasteiger charge is 2.19. The molecule has 0 aromatic heterocycles. The number of carbonyl (C=O) groups is 1. The van der Waals surface area contributed by atoms with E-state index in [2.05, 4.69) is 10.2 Å². The maximum absolute atomic E-state index is 12.4. The lowest BCUT2D eigenvalue weighted by atomic mass is 10.1. The Balaban J connectivity index is 0.00000264. The van der Waals surface area contributed by atoms with Crippen molar-refractivity contribution >= 4 is 48.0 Å². The molecule has 0 radical (unpaired) electrons. The molecule has 1 aliphatic rings. The standard InChI is InChI=1S/C15H22ClN3O3.2ClH/c1-10(9-19-3-5-22-6-4-19)18-15(20)11-7-12(16)13(17)8-14(11)21-2;;/h7-8,10H,3-6,9,17H2,1-2H3,(H,18,20);2*1H. The van der Waals surface area contributed by atoms with Gasteiger partial charge in [-0.2, -0.15) is 0 Å². The number of carbonyl (C=O) groups excluding carboxylic acids is 1. The van der Waals surface area contributed by atoms with Crippen LogP contribution in [0.2, 0.25) is 5.02 Å². The van der Waals surface area contributed by atoms with Gasteiger partial charge in [0.05, 0.1) is 36.6 Å². The maximum Gasteiger partial charge on any atom is 0.255 e. The Morgan fingerprint density at radius 3 is 2.62 bits per heavy atom. The van der Waals surface area contributed by atoms with Crippen molar-refractivity contribution in [2.75, 3.05) is 45.7 Å². The fraction of sp³-hybridized carbons (Fsp3) is 0.533. The zero-order valence-electron chi connectivity index (χ0n) is 13.7. The Bertz CT molecular complexity index is 540. The first-order valence-electron chi connectivity index (χ1n) is 7.25. The van der Waals surface area contributed by atoms with E-state index in [0.29, 0.717) is 22.0 Å². The minimum atomic E-state index is -0.223. The number of morpholine rings is 1. The van der Waals surface area contributed by atoms with E-state index in [1.54, 1.807) is 6.07 Å². The van der Waals surface area contributed by atoms with E-state index < -0.39 is 0 Å². The van der Waals surface area contributed by atoms with E-state index >= 15 is 0 Å². The summed E-state index contributed by atoms with van der Waals surface area (Å²) in [6.45, 7) is 6.00. The highest BCUT2D eigenvalue weighted by Crippen LogP contribution is 2.28. The molecule has 0 saturated carbocycles. The summed E-state index contributed by atoms with van der Waals surface area (Å²) in [5.74, 6) is 0.192. The highest BCUT2D eigenvalue weighted by molar-refractivity contribution is 6.33. The molecule has 2 rings (SSSR count). The van der Waals surface area contributed by atoms with Crippen LogP contribution in [0.1, 0.15) is 17.3 Å². The lowest BCUT2D eigenvalue weighted by Gasteiger charge is -2.29. The SMILES string of the molecule is COc1cc(N)c(Cl)cc1C(=O)NC(C)CN1CCOCC1.Cl.Cl. The molecule has 1 heterocycles. The fourth-order valence-corrected chi connectivity index (χ4v) is 2.60. The molecule has 0 bridgehead atoms. The van der Waals surface area contributed by atoms with Gasteiger partial charge in [-0.3, -0.25) is 9.69 Å². The van der Waals surface area contributed by atoms with Crippen molar-refractivity contribution in [2.24, 2.45) is 0 Å². The first kappa shape index (κ1) is 23.1. The molecular weight excluding hydrogens is 377 g/mol. The van der Waals surface area contributed by atoms with E-state index in [1.807, 2.05) is 6.92 Å². The Kier molecular flexibility index (Phi) is 10.4. The Hall–Kier alpha value is -0.920. The third-order valence-electron chi connectivity index (χ3n) is 3.58. The first-order valence-corrected chi connectivity index (χ1v) is 7.63. The van der Waals surface area contributed by atoms with Gasteiger partial charge >= 0.3 is 0 Å². The number of nitrogens with zero attached hydrogens (tertiary/aromatic N) is 1. The molecule has 1 fully saturated rings. The van der Waals surface area contributed by atoms with Crippen molar-refractivity contribution < 1.29 is 14.3 Å². The quantitative estimate of drug-likeness (QED) is 0.741. The monoisotopic (exact) mass is 399 g/mol.